The Bertz CT molecular complexity index is 755. The highest BCUT2D eigenvalue weighted by atomic mass is 79.9. The SMILES string of the molecule is Nc1c(Br)cc(C[C@@H](N)C(=O)N2CCN(c3ccncc3)CC2)cc1Br. The van der Waals surface area contributed by atoms with Crippen LogP contribution in [0.4, 0.5) is 11.4 Å². The van der Waals surface area contributed by atoms with Gasteiger partial charge in [-0.1, -0.05) is 0 Å². The smallest absolute Gasteiger partial charge is 0.239 e. The first-order valence-corrected chi connectivity index (χ1v) is 9.97. The van der Waals surface area contributed by atoms with Crippen molar-refractivity contribution < 1.29 is 4.79 Å². The highest BCUT2D eigenvalue weighted by molar-refractivity contribution is 9.11. The standard InChI is InChI=1S/C18H21Br2N5O/c19-14-9-12(10-15(20)17(14)22)11-16(21)18(26)25-7-5-24(6-8-25)13-1-3-23-4-2-13/h1-4,9-10,16H,5-8,11,21-22H2/t16-/m1/s1. The van der Waals surface area contributed by atoms with E-state index in [1.54, 1.807) is 12.4 Å². The van der Waals surface area contributed by atoms with Gasteiger partial charge >= 0.3 is 0 Å². The highest BCUT2D eigenvalue weighted by Crippen LogP contribution is 2.30. The number of piperazine rings is 1. The van der Waals surface area contributed by atoms with E-state index in [-0.39, 0.29) is 5.91 Å². The number of aromatic nitrogens is 1. The largest absolute Gasteiger partial charge is 0.397 e. The summed E-state index contributed by atoms with van der Waals surface area (Å²) in [5.41, 5.74) is 14.8. The molecule has 1 aromatic carbocycles. The van der Waals surface area contributed by atoms with Gasteiger partial charge in [-0.3, -0.25) is 9.78 Å². The summed E-state index contributed by atoms with van der Waals surface area (Å²) in [5, 5.41) is 0. The molecule has 0 radical (unpaired) electrons. The normalized spacial score (nSPS) is 15.8. The molecule has 4 N–H and O–H groups in total. The van der Waals surface area contributed by atoms with Gasteiger partial charge in [-0.2, -0.15) is 0 Å². The fourth-order valence-corrected chi connectivity index (χ4v) is 4.35. The minimum Gasteiger partial charge on any atom is -0.397 e. The van der Waals surface area contributed by atoms with Gasteiger partial charge in [0.15, 0.2) is 0 Å². The van der Waals surface area contributed by atoms with E-state index in [4.69, 9.17) is 11.5 Å². The number of rotatable bonds is 4. The molecule has 26 heavy (non-hydrogen) atoms. The fourth-order valence-electron chi connectivity index (χ4n) is 3.07. The Kier molecular flexibility index (Phi) is 6.16. The Morgan fingerprint density at radius 3 is 2.27 bits per heavy atom. The number of benzene rings is 1. The van der Waals surface area contributed by atoms with Crippen LogP contribution in [0.1, 0.15) is 5.56 Å². The van der Waals surface area contributed by atoms with Crippen LogP contribution in [-0.2, 0) is 11.2 Å². The van der Waals surface area contributed by atoms with Crippen LogP contribution in [0.5, 0.6) is 0 Å². The summed E-state index contributed by atoms with van der Waals surface area (Å²) >= 11 is 6.86. The zero-order valence-electron chi connectivity index (χ0n) is 14.2. The number of pyridine rings is 1. The third-order valence-electron chi connectivity index (χ3n) is 4.53. The molecule has 0 spiro atoms. The van der Waals surface area contributed by atoms with Crippen LogP contribution in [0.3, 0.4) is 0 Å². The van der Waals surface area contributed by atoms with Gasteiger partial charge in [0.05, 0.1) is 11.7 Å². The molecule has 6 nitrogen and oxygen atoms in total. The lowest BCUT2D eigenvalue weighted by Gasteiger charge is -2.37. The Morgan fingerprint density at radius 1 is 1.12 bits per heavy atom. The van der Waals surface area contributed by atoms with Crippen LogP contribution in [0.2, 0.25) is 0 Å². The predicted molar refractivity (Wildman–Crippen MR) is 111 cm³/mol. The molecule has 1 atom stereocenters. The third kappa shape index (κ3) is 4.36. The van der Waals surface area contributed by atoms with Gasteiger partial charge in [-0.15, -0.1) is 0 Å². The van der Waals surface area contributed by atoms with Crippen molar-refractivity contribution in [2.45, 2.75) is 12.5 Å². The third-order valence-corrected chi connectivity index (χ3v) is 5.84. The van der Waals surface area contributed by atoms with E-state index < -0.39 is 6.04 Å². The molecule has 1 fully saturated rings. The summed E-state index contributed by atoms with van der Waals surface area (Å²) in [6.07, 6.45) is 4.04. The van der Waals surface area contributed by atoms with Gasteiger partial charge in [0.2, 0.25) is 5.91 Å². The summed E-state index contributed by atoms with van der Waals surface area (Å²) in [4.78, 5) is 20.9. The minimum atomic E-state index is -0.565. The molecule has 1 aromatic heterocycles. The average Bonchev–Trinajstić information content (AvgIpc) is 2.66. The Morgan fingerprint density at radius 2 is 1.69 bits per heavy atom. The number of nitrogens with two attached hydrogens (primary N) is 2. The summed E-state index contributed by atoms with van der Waals surface area (Å²) < 4.78 is 1.60. The minimum absolute atomic E-state index is 0.0107. The van der Waals surface area contributed by atoms with Crippen LogP contribution in [-0.4, -0.2) is 48.0 Å². The number of anilines is 2. The Labute approximate surface area is 169 Å². The van der Waals surface area contributed by atoms with Crippen molar-refractivity contribution in [3.8, 4) is 0 Å². The fraction of sp³-hybridized carbons (Fsp3) is 0.333. The molecule has 0 aliphatic carbocycles. The second-order valence-corrected chi connectivity index (χ2v) is 8.01. The molecule has 3 rings (SSSR count). The number of nitrogen functional groups attached to an aromatic ring is 1. The summed E-state index contributed by atoms with van der Waals surface area (Å²) in [6, 6.07) is 7.23. The molecule has 2 aromatic rings. The number of carbonyl (C=O) groups is 1. The van der Waals surface area contributed by atoms with Gasteiger partial charge in [0.25, 0.3) is 0 Å². The summed E-state index contributed by atoms with van der Waals surface area (Å²) in [6.45, 7) is 2.93. The van der Waals surface area contributed by atoms with E-state index in [9.17, 15) is 4.79 Å². The molecule has 8 heteroatoms. The van der Waals surface area contributed by atoms with E-state index in [1.807, 2.05) is 29.2 Å². The monoisotopic (exact) mass is 481 g/mol. The van der Waals surface area contributed by atoms with E-state index >= 15 is 0 Å². The summed E-state index contributed by atoms with van der Waals surface area (Å²) in [5.74, 6) is -0.0107. The first kappa shape index (κ1) is 19.1. The molecule has 1 saturated heterocycles. The first-order chi connectivity index (χ1) is 12.5. The van der Waals surface area contributed by atoms with E-state index in [2.05, 4.69) is 41.7 Å². The number of halogens is 2. The van der Waals surface area contributed by atoms with Gasteiger partial charge < -0.3 is 21.3 Å². The first-order valence-electron chi connectivity index (χ1n) is 8.38. The number of carbonyl (C=O) groups excluding carboxylic acids is 1. The lowest BCUT2D eigenvalue weighted by atomic mass is 10.0. The van der Waals surface area contributed by atoms with Crippen LogP contribution in [0.25, 0.3) is 0 Å². The van der Waals surface area contributed by atoms with Crippen LogP contribution in [0.15, 0.2) is 45.6 Å². The molecule has 0 saturated carbocycles. The van der Waals surface area contributed by atoms with Crippen molar-refractivity contribution in [3.05, 3.63) is 51.2 Å². The average molecular weight is 483 g/mol. The predicted octanol–water partition coefficient (Wildman–Crippen LogP) is 2.41. The quantitative estimate of drug-likeness (QED) is 0.653. The number of hydrogen-bond donors (Lipinski definition) is 2. The second kappa shape index (κ2) is 8.37. The molecule has 1 aliphatic heterocycles. The molecular formula is C18H21Br2N5O. The summed E-state index contributed by atoms with van der Waals surface area (Å²) in [7, 11) is 0. The van der Waals surface area contributed by atoms with Gasteiger partial charge in [0, 0.05) is 53.2 Å². The van der Waals surface area contributed by atoms with E-state index in [0.29, 0.717) is 25.2 Å². The lowest BCUT2D eigenvalue weighted by Crippen LogP contribution is -2.53. The van der Waals surface area contributed by atoms with Crippen molar-refractivity contribution >= 4 is 49.1 Å². The van der Waals surface area contributed by atoms with Crippen LogP contribution >= 0.6 is 31.9 Å². The molecule has 0 bridgehead atoms. The maximum absolute atomic E-state index is 12.7. The van der Waals surface area contributed by atoms with Crippen molar-refractivity contribution in [2.75, 3.05) is 36.8 Å². The van der Waals surface area contributed by atoms with Crippen molar-refractivity contribution in [1.82, 2.24) is 9.88 Å². The molecule has 1 aliphatic rings. The topological polar surface area (TPSA) is 88.5 Å². The maximum atomic E-state index is 12.7. The number of amides is 1. The second-order valence-electron chi connectivity index (χ2n) is 6.30. The lowest BCUT2D eigenvalue weighted by molar-refractivity contribution is -0.132. The van der Waals surface area contributed by atoms with Crippen molar-refractivity contribution in [1.29, 1.82) is 0 Å². The Hall–Kier alpha value is -1.64. The van der Waals surface area contributed by atoms with Gasteiger partial charge in [0.1, 0.15) is 0 Å². The van der Waals surface area contributed by atoms with Crippen molar-refractivity contribution in [2.24, 2.45) is 5.73 Å². The highest BCUT2D eigenvalue weighted by Gasteiger charge is 2.25. The maximum Gasteiger partial charge on any atom is 0.239 e. The van der Waals surface area contributed by atoms with Crippen molar-refractivity contribution in [3.63, 3.8) is 0 Å². The zero-order chi connectivity index (χ0) is 18.7. The van der Waals surface area contributed by atoms with E-state index in [1.165, 1.54) is 0 Å². The Balaban J connectivity index is 1.58. The van der Waals surface area contributed by atoms with Gasteiger partial charge in [-0.25, -0.2) is 0 Å². The molecule has 138 valence electrons. The molecular weight excluding hydrogens is 462 g/mol. The zero-order valence-corrected chi connectivity index (χ0v) is 17.4. The van der Waals surface area contributed by atoms with Crippen LogP contribution < -0.4 is 16.4 Å². The van der Waals surface area contributed by atoms with Crippen LogP contribution in [0, 0.1) is 0 Å². The molecule has 2 heterocycles. The number of hydrogen-bond acceptors (Lipinski definition) is 5. The number of nitrogens with zero attached hydrogens (tertiary/aromatic N) is 3. The van der Waals surface area contributed by atoms with Gasteiger partial charge in [-0.05, 0) is 68.1 Å². The molecule has 0 unspecified atom stereocenters. The van der Waals surface area contributed by atoms with E-state index in [0.717, 1.165) is 33.3 Å². The molecule has 1 amide bonds.